The highest BCUT2D eigenvalue weighted by atomic mass is 28.4. The lowest BCUT2D eigenvalue weighted by molar-refractivity contribution is 0.101. The molecule has 1 aromatic carbocycles. The maximum atomic E-state index is 11.4. The molecule has 4 heteroatoms. The first-order valence-electron chi connectivity index (χ1n) is 5.21. The van der Waals surface area contributed by atoms with Gasteiger partial charge in [-0.05, 0) is 38.7 Å². The van der Waals surface area contributed by atoms with Gasteiger partial charge in [0.2, 0.25) is 8.32 Å². The van der Waals surface area contributed by atoms with E-state index in [9.17, 15) is 4.79 Å². The molecule has 0 saturated carbocycles. The van der Waals surface area contributed by atoms with Gasteiger partial charge in [-0.3, -0.25) is 4.79 Å². The summed E-state index contributed by atoms with van der Waals surface area (Å²) >= 11 is 0. The van der Waals surface area contributed by atoms with Crippen LogP contribution in [0.4, 0.5) is 0 Å². The van der Waals surface area contributed by atoms with Crippen LogP contribution in [0.2, 0.25) is 19.6 Å². The van der Waals surface area contributed by atoms with E-state index in [-0.39, 0.29) is 5.78 Å². The topological polar surface area (TPSA) is 35.5 Å². The Morgan fingerprint density at radius 3 is 2.31 bits per heavy atom. The van der Waals surface area contributed by atoms with Crippen molar-refractivity contribution in [2.24, 2.45) is 0 Å². The van der Waals surface area contributed by atoms with Crippen molar-refractivity contribution in [2.45, 2.75) is 26.6 Å². The molecule has 0 bridgehead atoms. The Kier molecular flexibility index (Phi) is 3.75. The SMILES string of the molecule is COc1ccc(C(C)=O)c(O[Si](C)(C)C)c1. The fraction of sp³-hybridized carbons (Fsp3) is 0.417. The average Bonchev–Trinajstić information content (AvgIpc) is 2.14. The lowest BCUT2D eigenvalue weighted by atomic mass is 10.1. The lowest BCUT2D eigenvalue weighted by Crippen LogP contribution is -2.30. The van der Waals surface area contributed by atoms with Crippen LogP contribution in [0.15, 0.2) is 18.2 Å². The Morgan fingerprint density at radius 2 is 1.88 bits per heavy atom. The average molecular weight is 238 g/mol. The quantitative estimate of drug-likeness (QED) is 0.597. The Morgan fingerprint density at radius 1 is 1.25 bits per heavy atom. The van der Waals surface area contributed by atoms with Gasteiger partial charge in [-0.15, -0.1) is 0 Å². The standard InChI is InChI=1S/C12H18O3Si/c1-9(13)11-7-6-10(14-2)8-12(11)15-16(3,4)5/h6-8H,1-5H3. The van der Waals surface area contributed by atoms with Crippen molar-refractivity contribution in [3.8, 4) is 11.5 Å². The van der Waals surface area contributed by atoms with Crippen molar-refractivity contribution in [1.82, 2.24) is 0 Å². The van der Waals surface area contributed by atoms with E-state index in [4.69, 9.17) is 9.16 Å². The minimum atomic E-state index is -1.72. The zero-order valence-electron chi connectivity index (χ0n) is 10.5. The largest absolute Gasteiger partial charge is 0.544 e. The summed E-state index contributed by atoms with van der Waals surface area (Å²) in [7, 11) is -0.120. The number of benzene rings is 1. The zero-order chi connectivity index (χ0) is 12.3. The highest BCUT2D eigenvalue weighted by Crippen LogP contribution is 2.27. The maximum absolute atomic E-state index is 11.4. The summed E-state index contributed by atoms with van der Waals surface area (Å²) in [4.78, 5) is 11.4. The van der Waals surface area contributed by atoms with Crippen molar-refractivity contribution < 1.29 is 14.0 Å². The molecule has 0 saturated heterocycles. The van der Waals surface area contributed by atoms with Gasteiger partial charge in [-0.25, -0.2) is 0 Å². The van der Waals surface area contributed by atoms with Gasteiger partial charge in [0.05, 0.1) is 12.7 Å². The molecule has 0 spiro atoms. The second kappa shape index (κ2) is 4.70. The number of rotatable bonds is 4. The third-order valence-corrected chi connectivity index (χ3v) is 2.82. The molecule has 0 N–H and O–H groups in total. The summed E-state index contributed by atoms with van der Waals surface area (Å²) in [6, 6.07) is 5.29. The number of carbonyl (C=O) groups excluding carboxylic acids is 1. The molecule has 0 aliphatic rings. The Hall–Kier alpha value is -1.29. The van der Waals surface area contributed by atoms with Gasteiger partial charge in [0.15, 0.2) is 5.78 Å². The van der Waals surface area contributed by atoms with Gasteiger partial charge in [0.1, 0.15) is 11.5 Å². The fourth-order valence-corrected chi connectivity index (χ4v) is 2.16. The molecular formula is C12H18O3Si. The van der Waals surface area contributed by atoms with Crippen molar-refractivity contribution in [3.05, 3.63) is 23.8 Å². The normalized spacial score (nSPS) is 11.1. The zero-order valence-corrected chi connectivity index (χ0v) is 11.5. The molecule has 88 valence electrons. The molecule has 0 aliphatic carbocycles. The van der Waals surface area contributed by atoms with E-state index >= 15 is 0 Å². The summed E-state index contributed by atoms with van der Waals surface area (Å²) < 4.78 is 11.0. The van der Waals surface area contributed by atoms with E-state index in [0.29, 0.717) is 17.1 Å². The van der Waals surface area contributed by atoms with Crippen molar-refractivity contribution in [3.63, 3.8) is 0 Å². The molecule has 0 heterocycles. The summed E-state index contributed by atoms with van der Waals surface area (Å²) in [6.07, 6.45) is 0. The number of hydrogen-bond acceptors (Lipinski definition) is 3. The van der Waals surface area contributed by atoms with E-state index < -0.39 is 8.32 Å². The van der Waals surface area contributed by atoms with Crippen LogP contribution in [0.3, 0.4) is 0 Å². The Balaban J connectivity index is 3.15. The van der Waals surface area contributed by atoms with Gasteiger partial charge in [-0.1, -0.05) is 0 Å². The van der Waals surface area contributed by atoms with E-state index in [1.54, 1.807) is 32.2 Å². The van der Waals surface area contributed by atoms with Crippen LogP contribution in [-0.2, 0) is 0 Å². The highest BCUT2D eigenvalue weighted by molar-refractivity contribution is 6.70. The van der Waals surface area contributed by atoms with Crippen LogP contribution < -0.4 is 9.16 Å². The van der Waals surface area contributed by atoms with Crippen LogP contribution in [0.25, 0.3) is 0 Å². The molecule has 0 atom stereocenters. The second-order valence-corrected chi connectivity index (χ2v) is 9.06. The first-order chi connectivity index (χ1) is 7.33. The van der Waals surface area contributed by atoms with Gasteiger partial charge in [0, 0.05) is 6.07 Å². The third-order valence-electron chi connectivity index (χ3n) is 1.98. The van der Waals surface area contributed by atoms with Crippen LogP contribution in [0.5, 0.6) is 11.5 Å². The number of methoxy groups -OCH3 is 1. The number of hydrogen-bond donors (Lipinski definition) is 0. The van der Waals surface area contributed by atoms with Crippen molar-refractivity contribution in [2.75, 3.05) is 7.11 Å². The summed E-state index contributed by atoms with van der Waals surface area (Å²) in [6.45, 7) is 7.78. The molecule has 1 aromatic rings. The monoisotopic (exact) mass is 238 g/mol. The minimum absolute atomic E-state index is 0.0101. The molecule has 0 unspecified atom stereocenters. The molecular weight excluding hydrogens is 220 g/mol. The molecule has 0 aliphatic heterocycles. The summed E-state index contributed by atoms with van der Waals surface area (Å²) in [5, 5.41) is 0. The minimum Gasteiger partial charge on any atom is -0.544 e. The van der Waals surface area contributed by atoms with Crippen LogP contribution in [-0.4, -0.2) is 21.2 Å². The molecule has 3 nitrogen and oxygen atoms in total. The lowest BCUT2D eigenvalue weighted by Gasteiger charge is -2.21. The van der Waals surface area contributed by atoms with E-state index in [1.807, 2.05) is 0 Å². The number of Topliss-reactive ketones (excluding diaryl/α,β-unsaturated/α-hetero) is 1. The van der Waals surface area contributed by atoms with Gasteiger partial charge < -0.3 is 9.16 Å². The van der Waals surface area contributed by atoms with Crippen LogP contribution >= 0.6 is 0 Å². The molecule has 1 rings (SSSR count). The highest BCUT2D eigenvalue weighted by Gasteiger charge is 2.20. The van der Waals surface area contributed by atoms with Crippen molar-refractivity contribution in [1.29, 1.82) is 0 Å². The third kappa shape index (κ3) is 3.38. The molecule has 0 aromatic heterocycles. The molecule has 0 radical (unpaired) electrons. The smallest absolute Gasteiger partial charge is 0.242 e. The number of ketones is 1. The Bertz CT molecular complexity index is 394. The van der Waals surface area contributed by atoms with Gasteiger partial charge in [-0.2, -0.15) is 0 Å². The molecule has 0 fully saturated rings. The maximum Gasteiger partial charge on any atom is 0.242 e. The van der Waals surface area contributed by atoms with E-state index in [0.717, 1.165) is 0 Å². The van der Waals surface area contributed by atoms with Crippen molar-refractivity contribution >= 4 is 14.1 Å². The van der Waals surface area contributed by atoms with Crippen LogP contribution in [0.1, 0.15) is 17.3 Å². The van der Waals surface area contributed by atoms with E-state index in [2.05, 4.69) is 19.6 Å². The number of ether oxygens (including phenoxy) is 1. The predicted octanol–water partition coefficient (Wildman–Crippen LogP) is 3.11. The summed E-state index contributed by atoms with van der Waals surface area (Å²) in [5.41, 5.74) is 0.614. The molecule has 16 heavy (non-hydrogen) atoms. The first kappa shape index (κ1) is 12.8. The Labute approximate surface area is 97.5 Å². The number of carbonyl (C=O) groups is 1. The predicted molar refractivity (Wildman–Crippen MR) is 67.0 cm³/mol. The summed E-state index contributed by atoms with van der Waals surface area (Å²) in [5.74, 6) is 1.35. The van der Waals surface area contributed by atoms with Gasteiger partial charge >= 0.3 is 0 Å². The molecule has 0 amide bonds. The first-order valence-corrected chi connectivity index (χ1v) is 8.62. The fourth-order valence-electron chi connectivity index (χ4n) is 1.33. The van der Waals surface area contributed by atoms with Crippen LogP contribution in [0, 0.1) is 0 Å². The second-order valence-electron chi connectivity index (χ2n) is 4.63. The van der Waals surface area contributed by atoms with E-state index in [1.165, 1.54) is 0 Å². The van der Waals surface area contributed by atoms with Gasteiger partial charge in [0.25, 0.3) is 0 Å².